The van der Waals surface area contributed by atoms with Crippen LogP contribution in [0.1, 0.15) is 11.8 Å². The summed E-state index contributed by atoms with van der Waals surface area (Å²) in [6.45, 7) is 1.81. The average molecular weight is 183 g/mol. The van der Waals surface area contributed by atoms with Crippen molar-refractivity contribution in [3.63, 3.8) is 0 Å². The monoisotopic (exact) mass is 183 g/mol. The number of urea groups is 1. The van der Waals surface area contributed by atoms with Crippen molar-refractivity contribution in [1.29, 1.82) is 0 Å². The number of rotatable bonds is 2. The Morgan fingerprint density at radius 2 is 2.50 bits per heavy atom. The first-order valence-corrected chi connectivity index (χ1v) is 4.21. The van der Waals surface area contributed by atoms with Gasteiger partial charge in [0.1, 0.15) is 0 Å². The van der Waals surface area contributed by atoms with Gasteiger partial charge >= 0.3 is 6.03 Å². The first-order chi connectivity index (χ1) is 5.70. The molecule has 0 atom stereocenters. The van der Waals surface area contributed by atoms with E-state index >= 15 is 0 Å². The van der Waals surface area contributed by atoms with Gasteiger partial charge in [-0.25, -0.2) is 10.2 Å². The molecule has 0 radical (unpaired) electrons. The van der Waals surface area contributed by atoms with Crippen molar-refractivity contribution in [3.8, 4) is 0 Å². The number of carbonyl (C=O) groups excluding carboxylic acids is 1. The van der Waals surface area contributed by atoms with Crippen LogP contribution in [0.25, 0.3) is 0 Å². The van der Waals surface area contributed by atoms with E-state index in [4.69, 9.17) is 5.73 Å². The lowest BCUT2D eigenvalue weighted by molar-refractivity contribution is 0.249. The van der Waals surface area contributed by atoms with E-state index in [1.54, 1.807) is 11.3 Å². The number of primary amides is 1. The second kappa shape index (κ2) is 3.87. The molecule has 5 heteroatoms. The number of hydrazone groups is 1. The van der Waals surface area contributed by atoms with Gasteiger partial charge in [-0.2, -0.15) is 5.10 Å². The number of hydrogen-bond donors (Lipinski definition) is 2. The van der Waals surface area contributed by atoms with Crippen LogP contribution < -0.4 is 11.2 Å². The number of amides is 2. The summed E-state index contributed by atoms with van der Waals surface area (Å²) in [6, 6.07) is 3.20. The number of nitrogens with one attached hydrogen (secondary N) is 1. The third-order valence-corrected chi connectivity index (χ3v) is 2.19. The van der Waals surface area contributed by atoms with Gasteiger partial charge in [-0.05, 0) is 18.4 Å². The van der Waals surface area contributed by atoms with Gasteiger partial charge in [0, 0.05) is 4.88 Å². The first kappa shape index (κ1) is 8.73. The van der Waals surface area contributed by atoms with Crippen molar-refractivity contribution in [2.24, 2.45) is 10.8 Å². The van der Waals surface area contributed by atoms with E-state index in [1.165, 1.54) is 0 Å². The van der Waals surface area contributed by atoms with E-state index in [1.807, 2.05) is 24.4 Å². The molecule has 0 fully saturated rings. The molecule has 0 unspecified atom stereocenters. The summed E-state index contributed by atoms with van der Waals surface area (Å²) in [5.41, 5.74) is 7.76. The van der Waals surface area contributed by atoms with E-state index in [2.05, 4.69) is 10.5 Å². The lowest BCUT2D eigenvalue weighted by Crippen LogP contribution is -2.25. The Balaban J connectivity index is 2.65. The molecule has 0 saturated carbocycles. The zero-order valence-corrected chi connectivity index (χ0v) is 7.39. The molecule has 0 saturated heterocycles. The fourth-order valence-electron chi connectivity index (χ4n) is 0.678. The molecule has 3 N–H and O–H groups in total. The molecule has 0 aromatic carbocycles. The first-order valence-electron chi connectivity index (χ1n) is 3.34. The van der Waals surface area contributed by atoms with Gasteiger partial charge in [0.25, 0.3) is 0 Å². The summed E-state index contributed by atoms with van der Waals surface area (Å²) < 4.78 is 0. The van der Waals surface area contributed by atoms with E-state index in [0.717, 1.165) is 10.6 Å². The topological polar surface area (TPSA) is 67.5 Å². The molecule has 12 heavy (non-hydrogen) atoms. The van der Waals surface area contributed by atoms with Crippen LogP contribution in [0.3, 0.4) is 0 Å². The van der Waals surface area contributed by atoms with Crippen LogP contribution in [0.2, 0.25) is 0 Å². The fourth-order valence-corrected chi connectivity index (χ4v) is 1.36. The van der Waals surface area contributed by atoms with Crippen LogP contribution in [0, 0.1) is 0 Å². The lowest BCUT2D eigenvalue weighted by Gasteiger charge is -1.95. The molecule has 1 rings (SSSR count). The molecule has 0 aliphatic rings. The number of hydrogen-bond acceptors (Lipinski definition) is 3. The quantitative estimate of drug-likeness (QED) is 0.524. The molecule has 0 spiro atoms. The van der Waals surface area contributed by atoms with Crippen molar-refractivity contribution in [1.82, 2.24) is 5.43 Å². The van der Waals surface area contributed by atoms with Crippen molar-refractivity contribution < 1.29 is 4.79 Å². The number of nitrogens with two attached hydrogens (primary N) is 1. The van der Waals surface area contributed by atoms with E-state index in [0.29, 0.717) is 0 Å². The minimum atomic E-state index is -0.647. The second-order valence-electron chi connectivity index (χ2n) is 2.15. The highest BCUT2D eigenvalue weighted by Crippen LogP contribution is 2.08. The molecular formula is C7H9N3OS. The molecule has 64 valence electrons. The minimum absolute atomic E-state index is 0.647. The Morgan fingerprint density at radius 3 is 3.00 bits per heavy atom. The van der Waals surface area contributed by atoms with E-state index < -0.39 is 6.03 Å². The maximum atomic E-state index is 10.3. The van der Waals surface area contributed by atoms with Crippen LogP contribution in [0.5, 0.6) is 0 Å². The largest absolute Gasteiger partial charge is 0.350 e. The van der Waals surface area contributed by atoms with E-state index in [9.17, 15) is 4.79 Å². The SMILES string of the molecule is CC(=NNC(N)=O)c1cccs1. The Hall–Kier alpha value is -1.36. The van der Waals surface area contributed by atoms with Crippen LogP contribution in [0.4, 0.5) is 4.79 Å². The maximum absolute atomic E-state index is 10.3. The molecular weight excluding hydrogens is 174 g/mol. The predicted octanol–water partition coefficient (Wildman–Crippen LogP) is 1.14. The molecule has 0 bridgehead atoms. The highest BCUT2D eigenvalue weighted by molar-refractivity contribution is 7.12. The molecule has 4 nitrogen and oxygen atoms in total. The van der Waals surface area contributed by atoms with Gasteiger partial charge in [0.2, 0.25) is 0 Å². The zero-order valence-electron chi connectivity index (χ0n) is 6.57. The summed E-state index contributed by atoms with van der Waals surface area (Å²) in [6.07, 6.45) is 0. The standard InChI is InChI=1S/C7H9N3OS/c1-5(9-10-7(8)11)6-3-2-4-12-6/h2-4H,1H3,(H3,8,10,11). The Morgan fingerprint density at radius 1 is 1.75 bits per heavy atom. The van der Waals surface area contributed by atoms with Gasteiger partial charge in [0.15, 0.2) is 0 Å². The fraction of sp³-hybridized carbons (Fsp3) is 0.143. The van der Waals surface area contributed by atoms with Crippen LogP contribution in [0.15, 0.2) is 22.6 Å². The molecule has 0 aliphatic carbocycles. The smallest absolute Gasteiger partial charge is 0.332 e. The van der Waals surface area contributed by atoms with E-state index in [-0.39, 0.29) is 0 Å². The average Bonchev–Trinajstić information content (AvgIpc) is 2.51. The summed E-state index contributed by atoms with van der Waals surface area (Å²) >= 11 is 1.56. The molecule has 1 heterocycles. The predicted molar refractivity (Wildman–Crippen MR) is 49.2 cm³/mol. The van der Waals surface area contributed by atoms with Crippen LogP contribution in [-0.4, -0.2) is 11.7 Å². The van der Waals surface area contributed by atoms with Gasteiger partial charge < -0.3 is 5.73 Å². The normalized spacial score (nSPS) is 11.2. The maximum Gasteiger partial charge on any atom is 0.332 e. The van der Waals surface area contributed by atoms with Gasteiger partial charge in [-0.15, -0.1) is 11.3 Å². The minimum Gasteiger partial charge on any atom is -0.350 e. The number of nitrogens with zero attached hydrogens (tertiary/aromatic N) is 1. The summed E-state index contributed by atoms with van der Waals surface area (Å²) in [7, 11) is 0. The summed E-state index contributed by atoms with van der Waals surface area (Å²) in [4.78, 5) is 11.3. The van der Waals surface area contributed by atoms with Crippen molar-refractivity contribution >= 4 is 23.1 Å². The summed E-state index contributed by atoms with van der Waals surface area (Å²) in [5.74, 6) is 0. The Bertz CT molecular complexity index is 292. The number of thiophene rings is 1. The molecule has 1 aromatic heterocycles. The Labute approximate surface area is 74.1 Å². The number of carbonyl (C=O) groups is 1. The van der Waals surface area contributed by atoms with Crippen molar-refractivity contribution in [3.05, 3.63) is 22.4 Å². The lowest BCUT2D eigenvalue weighted by atomic mass is 10.3. The molecule has 2 amide bonds. The highest BCUT2D eigenvalue weighted by atomic mass is 32.1. The van der Waals surface area contributed by atoms with Crippen molar-refractivity contribution in [2.45, 2.75) is 6.92 Å². The van der Waals surface area contributed by atoms with Gasteiger partial charge in [-0.1, -0.05) is 6.07 Å². The van der Waals surface area contributed by atoms with Crippen LogP contribution in [-0.2, 0) is 0 Å². The third kappa shape index (κ3) is 2.35. The zero-order chi connectivity index (χ0) is 8.97. The summed E-state index contributed by atoms with van der Waals surface area (Å²) in [5, 5.41) is 5.71. The second-order valence-corrected chi connectivity index (χ2v) is 3.10. The van der Waals surface area contributed by atoms with Gasteiger partial charge in [-0.3, -0.25) is 0 Å². The third-order valence-electron chi connectivity index (χ3n) is 1.21. The molecule has 0 aliphatic heterocycles. The Kier molecular flexibility index (Phi) is 2.82. The highest BCUT2D eigenvalue weighted by Gasteiger charge is 1.97. The van der Waals surface area contributed by atoms with Gasteiger partial charge in [0.05, 0.1) is 5.71 Å². The van der Waals surface area contributed by atoms with Crippen LogP contribution >= 0.6 is 11.3 Å². The molecule has 1 aromatic rings. The van der Waals surface area contributed by atoms with Crippen molar-refractivity contribution in [2.75, 3.05) is 0 Å².